The highest BCUT2D eigenvalue weighted by Crippen LogP contribution is 2.14. The van der Waals surface area contributed by atoms with E-state index in [4.69, 9.17) is 5.11 Å². The molecule has 12 heavy (non-hydrogen) atoms. The largest absolute Gasteiger partial charge is 0.395 e. The van der Waals surface area contributed by atoms with Crippen molar-refractivity contribution in [2.45, 2.75) is 6.42 Å². The second-order valence-electron chi connectivity index (χ2n) is 3.90. The van der Waals surface area contributed by atoms with Gasteiger partial charge in [0.15, 0.2) is 0 Å². The van der Waals surface area contributed by atoms with Crippen molar-refractivity contribution in [3.8, 4) is 0 Å². The molecular weight excluding hydrogens is 152 g/mol. The predicted molar refractivity (Wildman–Crippen MR) is 50.2 cm³/mol. The average molecular weight is 172 g/mol. The second kappa shape index (κ2) is 4.80. The molecule has 72 valence electrons. The number of likely N-dealkylation sites (N-methyl/N-ethyl adjacent to an activating group) is 1. The van der Waals surface area contributed by atoms with Crippen molar-refractivity contribution in [2.75, 3.05) is 46.9 Å². The number of hydrogen-bond acceptors (Lipinski definition) is 3. The summed E-state index contributed by atoms with van der Waals surface area (Å²) in [6.45, 7) is 4.66. The van der Waals surface area contributed by atoms with Gasteiger partial charge in [0.1, 0.15) is 0 Å². The zero-order valence-electron chi connectivity index (χ0n) is 8.16. The van der Waals surface area contributed by atoms with Gasteiger partial charge < -0.3 is 14.9 Å². The van der Waals surface area contributed by atoms with Gasteiger partial charge >= 0.3 is 0 Å². The number of aliphatic hydroxyl groups excluding tert-OH is 1. The van der Waals surface area contributed by atoms with Crippen LogP contribution in [-0.2, 0) is 0 Å². The Hall–Kier alpha value is -0.120. The quantitative estimate of drug-likeness (QED) is 0.639. The molecule has 0 aromatic carbocycles. The molecule has 0 spiro atoms. The fraction of sp³-hybridized carbons (Fsp3) is 1.00. The van der Waals surface area contributed by atoms with Crippen LogP contribution in [0.2, 0.25) is 0 Å². The summed E-state index contributed by atoms with van der Waals surface area (Å²) in [4.78, 5) is 4.58. The van der Waals surface area contributed by atoms with Gasteiger partial charge in [-0.2, -0.15) is 0 Å². The molecule has 1 aliphatic heterocycles. The van der Waals surface area contributed by atoms with Crippen molar-refractivity contribution in [1.29, 1.82) is 0 Å². The first-order chi connectivity index (χ1) is 5.72. The Morgan fingerprint density at radius 1 is 1.58 bits per heavy atom. The summed E-state index contributed by atoms with van der Waals surface area (Å²) in [7, 11) is 4.25. The number of hydrogen-bond donors (Lipinski definition) is 1. The monoisotopic (exact) mass is 172 g/mol. The van der Waals surface area contributed by atoms with E-state index in [1.807, 2.05) is 0 Å². The van der Waals surface area contributed by atoms with Crippen LogP contribution in [0.5, 0.6) is 0 Å². The summed E-state index contributed by atoms with van der Waals surface area (Å²) in [6, 6.07) is 0. The molecule has 1 N–H and O–H groups in total. The van der Waals surface area contributed by atoms with Gasteiger partial charge in [-0.3, -0.25) is 0 Å². The van der Waals surface area contributed by atoms with E-state index in [-0.39, 0.29) is 6.61 Å². The van der Waals surface area contributed by atoms with Crippen molar-refractivity contribution in [3.05, 3.63) is 0 Å². The first kappa shape index (κ1) is 9.96. The Labute approximate surface area is 75.0 Å². The molecule has 0 saturated carbocycles. The van der Waals surface area contributed by atoms with E-state index in [0.717, 1.165) is 19.0 Å². The summed E-state index contributed by atoms with van der Waals surface area (Å²) >= 11 is 0. The van der Waals surface area contributed by atoms with Crippen LogP contribution in [0.15, 0.2) is 0 Å². The Morgan fingerprint density at radius 2 is 2.33 bits per heavy atom. The minimum atomic E-state index is 0.277. The van der Waals surface area contributed by atoms with Crippen LogP contribution in [0.1, 0.15) is 6.42 Å². The van der Waals surface area contributed by atoms with Gasteiger partial charge in [0.05, 0.1) is 6.61 Å². The minimum absolute atomic E-state index is 0.277. The van der Waals surface area contributed by atoms with Gasteiger partial charge in [0.25, 0.3) is 0 Å². The standard InChI is InChI=1S/C9H20N2O/c1-10-4-3-9(7-10)8-11(2)5-6-12/h9,12H,3-8H2,1-2H3/t9-/m1/s1. The van der Waals surface area contributed by atoms with Crippen molar-refractivity contribution in [2.24, 2.45) is 5.92 Å². The lowest BCUT2D eigenvalue weighted by Crippen LogP contribution is -2.29. The van der Waals surface area contributed by atoms with Crippen LogP contribution in [-0.4, -0.2) is 61.8 Å². The van der Waals surface area contributed by atoms with E-state index < -0.39 is 0 Å². The fourth-order valence-corrected chi connectivity index (χ4v) is 1.88. The van der Waals surface area contributed by atoms with Crippen LogP contribution >= 0.6 is 0 Å². The van der Waals surface area contributed by atoms with E-state index >= 15 is 0 Å². The van der Waals surface area contributed by atoms with Crippen LogP contribution in [0, 0.1) is 5.92 Å². The normalized spacial score (nSPS) is 25.5. The average Bonchev–Trinajstić information content (AvgIpc) is 2.36. The van der Waals surface area contributed by atoms with Gasteiger partial charge in [-0.15, -0.1) is 0 Å². The maximum Gasteiger partial charge on any atom is 0.0558 e. The van der Waals surface area contributed by atoms with Gasteiger partial charge in [-0.1, -0.05) is 0 Å². The van der Waals surface area contributed by atoms with Crippen molar-refractivity contribution in [1.82, 2.24) is 9.80 Å². The molecular formula is C9H20N2O. The highest BCUT2D eigenvalue weighted by molar-refractivity contribution is 4.74. The lowest BCUT2D eigenvalue weighted by atomic mass is 10.1. The predicted octanol–water partition coefficient (Wildman–Crippen LogP) is -0.138. The SMILES string of the molecule is CN(CCO)C[C@@H]1CCN(C)C1. The van der Waals surface area contributed by atoms with Gasteiger partial charge in [0, 0.05) is 19.6 Å². The Bertz CT molecular complexity index is 130. The molecule has 0 unspecified atom stereocenters. The van der Waals surface area contributed by atoms with Gasteiger partial charge in [0.2, 0.25) is 0 Å². The zero-order chi connectivity index (χ0) is 8.97. The third-order valence-electron chi connectivity index (χ3n) is 2.54. The number of aliphatic hydroxyl groups is 1. The number of likely N-dealkylation sites (tertiary alicyclic amines) is 1. The summed E-state index contributed by atoms with van der Waals surface area (Å²) in [6.07, 6.45) is 1.31. The molecule has 3 heteroatoms. The molecule has 1 fully saturated rings. The zero-order valence-corrected chi connectivity index (χ0v) is 8.16. The second-order valence-corrected chi connectivity index (χ2v) is 3.90. The molecule has 0 aromatic rings. The summed E-state index contributed by atoms with van der Waals surface area (Å²) < 4.78 is 0. The van der Waals surface area contributed by atoms with Crippen LogP contribution < -0.4 is 0 Å². The number of rotatable bonds is 4. The van der Waals surface area contributed by atoms with E-state index in [0.29, 0.717) is 0 Å². The van der Waals surface area contributed by atoms with Gasteiger partial charge in [-0.25, -0.2) is 0 Å². The van der Waals surface area contributed by atoms with Gasteiger partial charge in [-0.05, 0) is 33.0 Å². The minimum Gasteiger partial charge on any atom is -0.395 e. The maximum atomic E-state index is 8.71. The molecule has 1 rings (SSSR count). The van der Waals surface area contributed by atoms with Crippen molar-refractivity contribution >= 4 is 0 Å². The molecule has 0 bridgehead atoms. The molecule has 1 aliphatic rings. The Kier molecular flexibility index (Phi) is 3.98. The maximum absolute atomic E-state index is 8.71. The molecule has 0 aromatic heterocycles. The van der Waals surface area contributed by atoms with E-state index in [2.05, 4.69) is 23.9 Å². The summed E-state index contributed by atoms with van der Waals surface area (Å²) in [5.41, 5.74) is 0. The molecule has 0 amide bonds. The topological polar surface area (TPSA) is 26.7 Å². The van der Waals surface area contributed by atoms with Crippen molar-refractivity contribution < 1.29 is 5.11 Å². The van der Waals surface area contributed by atoms with Crippen LogP contribution in [0.4, 0.5) is 0 Å². The Morgan fingerprint density at radius 3 is 2.83 bits per heavy atom. The fourth-order valence-electron chi connectivity index (χ4n) is 1.88. The molecule has 1 heterocycles. The van der Waals surface area contributed by atoms with Crippen molar-refractivity contribution in [3.63, 3.8) is 0 Å². The third-order valence-corrected chi connectivity index (χ3v) is 2.54. The lowest BCUT2D eigenvalue weighted by Gasteiger charge is -2.19. The van der Waals surface area contributed by atoms with E-state index in [9.17, 15) is 0 Å². The van der Waals surface area contributed by atoms with Crippen LogP contribution in [0.3, 0.4) is 0 Å². The molecule has 0 aliphatic carbocycles. The first-order valence-corrected chi connectivity index (χ1v) is 4.70. The highest BCUT2D eigenvalue weighted by atomic mass is 16.3. The third kappa shape index (κ3) is 3.09. The molecule has 3 nitrogen and oxygen atoms in total. The summed E-state index contributed by atoms with van der Waals surface area (Å²) in [5, 5.41) is 8.71. The first-order valence-electron chi connectivity index (χ1n) is 4.70. The summed E-state index contributed by atoms with van der Waals surface area (Å²) in [5.74, 6) is 0.812. The van der Waals surface area contributed by atoms with E-state index in [1.54, 1.807) is 0 Å². The highest BCUT2D eigenvalue weighted by Gasteiger charge is 2.20. The lowest BCUT2D eigenvalue weighted by molar-refractivity contribution is 0.202. The molecule has 1 saturated heterocycles. The smallest absolute Gasteiger partial charge is 0.0558 e. The Balaban J connectivity index is 2.14. The molecule has 1 atom stereocenters. The van der Waals surface area contributed by atoms with E-state index in [1.165, 1.54) is 19.5 Å². The van der Waals surface area contributed by atoms with Crippen LogP contribution in [0.25, 0.3) is 0 Å². The number of nitrogens with zero attached hydrogens (tertiary/aromatic N) is 2. The molecule has 0 radical (unpaired) electrons.